The Hall–Kier alpha value is -2.67. The van der Waals surface area contributed by atoms with Crippen LogP contribution < -0.4 is 10.1 Å². The molecule has 1 aromatic carbocycles. The van der Waals surface area contributed by atoms with Gasteiger partial charge in [0, 0.05) is 26.5 Å². The molecule has 0 aliphatic heterocycles. The summed E-state index contributed by atoms with van der Waals surface area (Å²) >= 11 is 0. The number of nitrogens with one attached hydrogen (secondary N) is 1. The quantitative estimate of drug-likeness (QED) is 0.422. The van der Waals surface area contributed by atoms with Crippen LogP contribution in [0.5, 0.6) is 5.75 Å². The lowest BCUT2D eigenvalue weighted by Crippen LogP contribution is -2.08. The van der Waals surface area contributed by atoms with Gasteiger partial charge in [-0.1, -0.05) is 6.07 Å². The number of benzene rings is 1. The molecule has 0 bridgehead atoms. The zero-order valence-electron chi connectivity index (χ0n) is 14.7. The third kappa shape index (κ3) is 4.67. The normalized spacial score (nSPS) is 10.5. The first-order valence-electron chi connectivity index (χ1n) is 8.09. The highest BCUT2D eigenvalue weighted by atomic mass is 16.6. The highest BCUT2D eigenvalue weighted by molar-refractivity contribution is 5.82. The van der Waals surface area contributed by atoms with Crippen molar-refractivity contribution in [3.63, 3.8) is 0 Å². The lowest BCUT2D eigenvalue weighted by molar-refractivity contribution is -0.383. The van der Waals surface area contributed by atoms with Crippen molar-refractivity contribution in [1.82, 2.24) is 4.98 Å². The second kappa shape index (κ2) is 8.98. The van der Waals surface area contributed by atoms with Crippen molar-refractivity contribution in [3.05, 3.63) is 46.1 Å². The van der Waals surface area contributed by atoms with Crippen molar-refractivity contribution < 1.29 is 14.4 Å². The lowest BCUT2D eigenvalue weighted by Gasteiger charge is -2.12. The number of ether oxygens (including phenoxy) is 2. The Balaban J connectivity index is 2.32. The molecule has 2 rings (SSSR count). The van der Waals surface area contributed by atoms with Gasteiger partial charge >= 0.3 is 5.69 Å². The van der Waals surface area contributed by atoms with E-state index in [1.54, 1.807) is 32.5 Å². The Labute approximate surface area is 147 Å². The average molecular weight is 345 g/mol. The van der Waals surface area contributed by atoms with Gasteiger partial charge in [0.2, 0.25) is 5.82 Å². The maximum absolute atomic E-state index is 11.7. The lowest BCUT2D eigenvalue weighted by atomic mass is 9.99. The van der Waals surface area contributed by atoms with Crippen molar-refractivity contribution in [2.75, 3.05) is 32.7 Å². The molecular formula is C18H23N3O4. The maximum Gasteiger partial charge on any atom is 0.319 e. The smallest absolute Gasteiger partial charge is 0.319 e. The van der Waals surface area contributed by atoms with Gasteiger partial charge in [0.15, 0.2) is 0 Å². The number of pyridine rings is 1. The number of hydrogen-bond acceptors (Lipinski definition) is 6. The summed E-state index contributed by atoms with van der Waals surface area (Å²) in [5.74, 6) is 1.00. The SMILES string of the molecule is COCCCCNc1nccc(-c2ccc(OC)cc2C)c1[N+](=O)[O-]. The van der Waals surface area contributed by atoms with Crippen LogP contribution in [0.4, 0.5) is 11.5 Å². The van der Waals surface area contributed by atoms with Gasteiger partial charge < -0.3 is 14.8 Å². The van der Waals surface area contributed by atoms with Gasteiger partial charge in [0.25, 0.3) is 0 Å². The molecular weight excluding hydrogens is 322 g/mol. The first-order valence-corrected chi connectivity index (χ1v) is 8.09. The zero-order chi connectivity index (χ0) is 18.2. The largest absolute Gasteiger partial charge is 0.497 e. The molecule has 7 heteroatoms. The van der Waals surface area contributed by atoms with Crippen molar-refractivity contribution in [2.24, 2.45) is 0 Å². The highest BCUT2D eigenvalue weighted by Crippen LogP contribution is 2.37. The summed E-state index contributed by atoms with van der Waals surface area (Å²) in [5, 5.41) is 14.7. The van der Waals surface area contributed by atoms with Gasteiger partial charge in [-0.3, -0.25) is 10.1 Å². The van der Waals surface area contributed by atoms with E-state index in [1.807, 2.05) is 19.1 Å². The average Bonchev–Trinajstić information content (AvgIpc) is 2.61. The van der Waals surface area contributed by atoms with E-state index in [1.165, 1.54) is 0 Å². The zero-order valence-corrected chi connectivity index (χ0v) is 14.7. The van der Waals surface area contributed by atoms with Crippen LogP contribution in [0.15, 0.2) is 30.5 Å². The van der Waals surface area contributed by atoms with Crippen molar-refractivity contribution in [2.45, 2.75) is 19.8 Å². The number of hydrogen-bond donors (Lipinski definition) is 1. The van der Waals surface area contributed by atoms with Crippen LogP contribution in [0, 0.1) is 17.0 Å². The monoisotopic (exact) mass is 345 g/mol. The molecule has 0 aliphatic carbocycles. The van der Waals surface area contributed by atoms with Gasteiger partial charge in [0.05, 0.1) is 17.6 Å². The second-order valence-corrected chi connectivity index (χ2v) is 5.62. The number of rotatable bonds is 9. The van der Waals surface area contributed by atoms with Crippen molar-refractivity contribution in [1.29, 1.82) is 0 Å². The van der Waals surface area contributed by atoms with Gasteiger partial charge in [-0.05, 0) is 49.1 Å². The number of methoxy groups -OCH3 is 2. The molecule has 1 aromatic heterocycles. The first-order chi connectivity index (χ1) is 12.1. The summed E-state index contributed by atoms with van der Waals surface area (Å²) in [6, 6.07) is 7.16. The molecule has 1 heterocycles. The Morgan fingerprint density at radius 3 is 2.64 bits per heavy atom. The Morgan fingerprint density at radius 2 is 2.00 bits per heavy atom. The van der Waals surface area contributed by atoms with E-state index in [0.717, 1.165) is 29.7 Å². The highest BCUT2D eigenvalue weighted by Gasteiger charge is 2.23. The molecule has 1 N–H and O–H groups in total. The summed E-state index contributed by atoms with van der Waals surface area (Å²) in [6.07, 6.45) is 3.32. The third-order valence-corrected chi connectivity index (χ3v) is 3.90. The molecule has 0 radical (unpaired) electrons. The van der Waals surface area contributed by atoms with Crippen molar-refractivity contribution in [3.8, 4) is 16.9 Å². The molecule has 0 atom stereocenters. The van der Waals surface area contributed by atoms with Gasteiger partial charge in [-0.2, -0.15) is 0 Å². The summed E-state index contributed by atoms with van der Waals surface area (Å²) in [5.41, 5.74) is 2.22. The van der Waals surface area contributed by atoms with Crippen LogP contribution in [0.2, 0.25) is 0 Å². The standard InChI is InChI=1S/C18H23N3O4/c1-13-12-14(25-3)6-7-15(13)16-8-10-20-18(17(16)21(22)23)19-9-4-5-11-24-2/h6-8,10,12H,4-5,9,11H2,1-3H3,(H,19,20). The van der Waals surface area contributed by atoms with E-state index in [9.17, 15) is 10.1 Å². The molecule has 0 fully saturated rings. The van der Waals surface area contributed by atoms with Crippen molar-refractivity contribution >= 4 is 11.5 Å². The number of unbranched alkanes of at least 4 members (excludes halogenated alkanes) is 1. The molecule has 0 saturated carbocycles. The number of aromatic nitrogens is 1. The van der Waals surface area contributed by atoms with E-state index in [4.69, 9.17) is 9.47 Å². The molecule has 134 valence electrons. The van der Waals surface area contributed by atoms with Gasteiger partial charge in [0.1, 0.15) is 5.75 Å². The minimum Gasteiger partial charge on any atom is -0.497 e. The van der Waals surface area contributed by atoms with Crippen LogP contribution in [-0.2, 0) is 4.74 Å². The van der Waals surface area contributed by atoms with E-state index in [-0.39, 0.29) is 16.4 Å². The summed E-state index contributed by atoms with van der Waals surface area (Å²) in [7, 11) is 3.25. The molecule has 7 nitrogen and oxygen atoms in total. The Kier molecular flexibility index (Phi) is 6.71. The summed E-state index contributed by atoms with van der Waals surface area (Å²) < 4.78 is 10.2. The van der Waals surface area contributed by atoms with Gasteiger partial charge in [-0.15, -0.1) is 0 Å². The van der Waals surface area contributed by atoms with Crippen LogP contribution in [0.1, 0.15) is 18.4 Å². The third-order valence-electron chi connectivity index (χ3n) is 3.90. The Morgan fingerprint density at radius 1 is 1.20 bits per heavy atom. The van der Waals surface area contributed by atoms with Crippen LogP contribution in [-0.4, -0.2) is 37.3 Å². The van der Waals surface area contributed by atoms with E-state index in [2.05, 4.69) is 10.3 Å². The Bertz CT molecular complexity index is 734. The summed E-state index contributed by atoms with van der Waals surface area (Å²) in [4.78, 5) is 15.4. The number of anilines is 1. The molecule has 2 aromatic rings. The molecule has 0 aliphatic rings. The maximum atomic E-state index is 11.7. The summed E-state index contributed by atoms with van der Waals surface area (Å²) in [6.45, 7) is 3.17. The molecule has 0 unspecified atom stereocenters. The van der Waals surface area contributed by atoms with Crippen LogP contribution in [0.25, 0.3) is 11.1 Å². The fraction of sp³-hybridized carbons (Fsp3) is 0.389. The van der Waals surface area contributed by atoms with Crippen LogP contribution in [0.3, 0.4) is 0 Å². The minimum atomic E-state index is -0.385. The topological polar surface area (TPSA) is 86.5 Å². The fourth-order valence-electron chi connectivity index (χ4n) is 2.63. The molecule has 0 amide bonds. The molecule has 25 heavy (non-hydrogen) atoms. The van der Waals surface area contributed by atoms with E-state index >= 15 is 0 Å². The molecule has 0 saturated heterocycles. The number of nitrogens with zero attached hydrogens (tertiary/aromatic N) is 2. The first kappa shape index (κ1) is 18.7. The molecule has 0 spiro atoms. The second-order valence-electron chi connectivity index (χ2n) is 5.62. The fourth-order valence-corrected chi connectivity index (χ4v) is 2.63. The number of nitro groups is 1. The van der Waals surface area contributed by atoms with Gasteiger partial charge in [-0.25, -0.2) is 4.98 Å². The number of aryl methyl sites for hydroxylation is 1. The van der Waals surface area contributed by atoms with E-state index in [0.29, 0.717) is 18.7 Å². The predicted molar refractivity (Wildman–Crippen MR) is 97.2 cm³/mol. The van der Waals surface area contributed by atoms with E-state index < -0.39 is 0 Å². The minimum absolute atomic E-state index is 0.0116. The van der Waals surface area contributed by atoms with Crippen LogP contribution >= 0.6 is 0 Å². The predicted octanol–water partition coefficient (Wildman–Crippen LogP) is 3.81.